The van der Waals surface area contributed by atoms with E-state index in [-0.39, 0.29) is 15.5 Å². The Morgan fingerprint density at radius 3 is 3.00 bits per heavy atom. The van der Waals surface area contributed by atoms with Crippen molar-refractivity contribution in [3.05, 3.63) is 34.7 Å². The summed E-state index contributed by atoms with van der Waals surface area (Å²) in [5, 5.41) is 3.11. The lowest BCUT2D eigenvalue weighted by Gasteiger charge is -2.10. The summed E-state index contributed by atoms with van der Waals surface area (Å²) in [6.45, 7) is 1.76. The zero-order valence-corrected chi connectivity index (χ0v) is 11.7. The Bertz CT molecular complexity index is 419. The van der Waals surface area contributed by atoms with Crippen LogP contribution in [0.1, 0.15) is 0 Å². The van der Waals surface area contributed by atoms with Gasteiger partial charge in [-0.25, -0.2) is 0 Å². The van der Waals surface area contributed by atoms with Gasteiger partial charge in [0.15, 0.2) is 0 Å². The number of nitrogens with one attached hydrogen (secondary N) is 1. The van der Waals surface area contributed by atoms with Crippen molar-refractivity contribution in [2.75, 3.05) is 20.2 Å². The Morgan fingerprint density at radius 1 is 1.59 bits per heavy atom. The highest BCUT2D eigenvalue weighted by atomic mass is 127. The van der Waals surface area contributed by atoms with Crippen LogP contribution in [0, 0.1) is 0 Å². The third-order valence-corrected chi connectivity index (χ3v) is 3.16. The summed E-state index contributed by atoms with van der Waals surface area (Å²) >= 11 is 2.02. The van der Waals surface area contributed by atoms with E-state index in [0.29, 0.717) is 19.6 Å². The molecule has 0 saturated carbocycles. The maximum Gasteiger partial charge on any atom is 0.319 e. The molecule has 1 atom stereocenters. The van der Waals surface area contributed by atoms with Gasteiger partial charge in [0, 0.05) is 31.9 Å². The molecule has 1 aromatic rings. The number of alkyl halides is 1. The van der Waals surface area contributed by atoms with Crippen molar-refractivity contribution in [3.63, 3.8) is 0 Å². The van der Waals surface area contributed by atoms with Gasteiger partial charge in [-0.1, -0.05) is 28.7 Å². The number of carbonyl (C=O) groups excluding carboxylic acids is 1. The first-order valence-corrected chi connectivity index (χ1v) is 6.48. The van der Waals surface area contributed by atoms with Crippen molar-refractivity contribution in [1.82, 2.24) is 9.88 Å². The van der Waals surface area contributed by atoms with E-state index in [2.05, 4.69) is 10.1 Å². The quantitative estimate of drug-likeness (QED) is 0.350. The Labute approximate surface area is 113 Å². The van der Waals surface area contributed by atoms with E-state index in [1.54, 1.807) is 16.8 Å². The maximum absolute atomic E-state index is 11.4. The van der Waals surface area contributed by atoms with Crippen molar-refractivity contribution >= 4 is 28.6 Å². The number of nitrogens with zero attached hydrogens (tertiary/aromatic N) is 1. The molecule has 1 heterocycles. The van der Waals surface area contributed by atoms with Gasteiger partial charge in [-0.15, -0.1) is 0 Å². The Morgan fingerprint density at radius 2 is 2.35 bits per heavy atom. The molecule has 17 heavy (non-hydrogen) atoms. The largest absolute Gasteiger partial charge is 0.468 e. The van der Waals surface area contributed by atoms with Crippen molar-refractivity contribution in [1.29, 1.82) is 0 Å². The molecule has 0 aromatic carbocycles. The molecule has 0 spiro atoms. The first-order chi connectivity index (χ1) is 8.15. The van der Waals surface area contributed by atoms with Gasteiger partial charge < -0.3 is 14.6 Å². The molecule has 0 radical (unpaired) electrons. The fourth-order valence-electron chi connectivity index (χ4n) is 1.28. The molecule has 0 aliphatic heterocycles. The zero-order valence-electron chi connectivity index (χ0n) is 9.56. The number of halogens is 1. The van der Waals surface area contributed by atoms with Crippen LogP contribution in [0.15, 0.2) is 29.2 Å². The van der Waals surface area contributed by atoms with E-state index in [1.165, 1.54) is 13.2 Å². The average Bonchev–Trinajstić information content (AvgIpc) is 2.35. The smallest absolute Gasteiger partial charge is 0.319 e. The van der Waals surface area contributed by atoms with Crippen LogP contribution in [0.25, 0.3) is 0 Å². The van der Waals surface area contributed by atoms with E-state index in [0.717, 1.165) is 0 Å². The molecule has 0 amide bonds. The van der Waals surface area contributed by atoms with Gasteiger partial charge in [0.2, 0.25) is 0 Å². The Hall–Kier alpha value is -0.890. The third-order valence-electron chi connectivity index (χ3n) is 2.21. The van der Waals surface area contributed by atoms with Gasteiger partial charge in [0.25, 0.3) is 5.56 Å². The number of pyridine rings is 1. The van der Waals surface area contributed by atoms with Crippen molar-refractivity contribution in [2.24, 2.45) is 0 Å². The molecule has 0 aliphatic carbocycles. The summed E-state index contributed by atoms with van der Waals surface area (Å²) < 4.78 is 6.02. The molecule has 1 unspecified atom stereocenters. The number of rotatable bonds is 6. The lowest BCUT2D eigenvalue weighted by atomic mass is 10.4. The number of esters is 1. The molecule has 0 aliphatic rings. The summed E-state index contributed by atoms with van der Waals surface area (Å²) in [6, 6.07) is 5.05. The van der Waals surface area contributed by atoms with E-state index < -0.39 is 0 Å². The fourth-order valence-corrected chi connectivity index (χ4v) is 1.85. The zero-order chi connectivity index (χ0) is 12.7. The second kappa shape index (κ2) is 7.44. The minimum absolute atomic E-state index is 0.0201. The lowest BCUT2D eigenvalue weighted by Crippen LogP contribution is -2.33. The summed E-state index contributed by atoms with van der Waals surface area (Å²) in [6.07, 6.45) is 1.74. The van der Waals surface area contributed by atoms with Gasteiger partial charge in [-0.3, -0.25) is 9.59 Å². The molecule has 6 heteroatoms. The summed E-state index contributed by atoms with van der Waals surface area (Å²) in [7, 11) is 1.37. The van der Waals surface area contributed by atoms with Crippen molar-refractivity contribution in [2.45, 2.75) is 10.5 Å². The molecule has 1 N–H and O–H groups in total. The molecule has 94 valence electrons. The Balaban J connectivity index is 2.27. The van der Waals surface area contributed by atoms with Crippen LogP contribution >= 0.6 is 22.6 Å². The second-order valence-electron chi connectivity index (χ2n) is 3.43. The van der Waals surface area contributed by atoms with E-state index in [9.17, 15) is 9.59 Å². The monoisotopic (exact) mass is 350 g/mol. The summed E-state index contributed by atoms with van der Waals surface area (Å²) in [5.74, 6) is -0.241. The third kappa shape index (κ3) is 4.86. The molecule has 0 saturated heterocycles. The standard InChI is InChI=1S/C11H15IN2O3/c1-17-11(16)9(12)8-13-5-7-14-6-3-2-4-10(14)15/h2-4,6,9,13H,5,7-8H2,1H3. The van der Waals surface area contributed by atoms with Crippen LogP contribution in [0.5, 0.6) is 0 Å². The van der Waals surface area contributed by atoms with E-state index in [1.807, 2.05) is 28.7 Å². The number of aromatic nitrogens is 1. The minimum atomic E-state index is -0.241. The van der Waals surface area contributed by atoms with Crippen LogP contribution in [0.2, 0.25) is 0 Å². The predicted molar refractivity (Wildman–Crippen MR) is 73.4 cm³/mol. The number of hydrogen-bond donors (Lipinski definition) is 1. The van der Waals surface area contributed by atoms with Crippen molar-refractivity contribution < 1.29 is 9.53 Å². The van der Waals surface area contributed by atoms with Gasteiger partial charge in [0.05, 0.1) is 7.11 Å². The first-order valence-electron chi connectivity index (χ1n) is 5.23. The highest BCUT2D eigenvalue weighted by molar-refractivity contribution is 14.1. The van der Waals surface area contributed by atoms with Crippen molar-refractivity contribution in [3.8, 4) is 0 Å². The molecule has 5 nitrogen and oxygen atoms in total. The topological polar surface area (TPSA) is 60.3 Å². The van der Waals surface area contributed by atoms with Gasteiger partial charge in [0.1, 0.15) is 3.92 Å². The highest BCUT2D eigenvalue weighted by Gasteiger charge is 2.13. The first kappa shape index (κ1) is 14.2. The summed E-state index contributed by atoms with van der Waals surface area (Å²) in [4.78, 5) is 22.5. The van der Waals surface area contributed by atoms with Crippen LogP contribution in [0.4, 0.5) is 0 Å². The number of carbonyl (C=O) groups is 1. The SMILES string of the molecule is COC(=O)C(I)CNCCn1ccccc1=O. The van der Waals surface area contributed by atoms with E-state index >= 15 is 0 Å². The predicted octanol–water partition coefficient (Wildman–Crippen LogP) is 0.414. The molecule has 1 rings (SSSR count). The molecule has 1 aromatic heterocycles. The Kier molecular flexibility index (Phi) is 6.20. The molecule has 0 bridgehead atoms. The second-order valence-corrected chi connectivity index (χ2v) is 4.93. The summed E-state index contributed by atoms with van der Waals surface area (Å²) in [5.41, 5.74) is -0.0201. The fraction of sp³-hybridized carbons (Fsp3) is 0.455. The van der Waals surface area contributed by atoms with Gasteiger partial charge >= 0.3 is 5.97 Å². The molecular formula is C11H15IN2O3. The minimum Gasteiger partial charge on any atom is -0.468 e. The van der Waals surface area contributed by atoms with Gasteiger partial charge in [-0.2, -0.15) is 0 Å². The molecular weight excluding hydrogens is 335 g/mol. The highest BCUT2D eigenvalue weighted by Crippen LogP contribution is 2.00. The van der Waals surface area contributed by atoms with E-state index in [4.69, 9.17) is 0 Å². The normalized spacial score (nSPS) is 12.1. The number of hydrogen-bond acceptors (Lipinski definition) is 4. The van der Waals surface area contributed by atoms with Crippen LogP contribution in [-0.2, 0) is 16.1 Å². The number of ether oxygens (including phenoxy) is 1. The average molecular weight is 350 g/mol. The molecule has 0 fully saturated rings. The van der Waals surface area contributed by atoms with Crippen LogP contribution in [-0.4, -0.2) is 34.7 Å². The van der Waals surface area contributed by atoms with Crippen LogP contribution in [0.3, 0.4) is 0 Å². The van der Waals surface area contributed by atoms with Crippen LogP contribution < -0.4 is 10.9 Å². The lowest BCUT2D eigenvalue weighted by molar-refractivity contribution is -0.139. The number of methoxy groups -OCH3 is 1. The van der Waals surface area contributed by atoms with Gasteiger partial charge in [-0.05, 0) is 6.07 Å². The maximum atomic E-state index is 11.4.